The Hall–Kier alpha value is -1.72. The van der Waals surface area contributed by atoms with Gasteiger partial charge in [-0.2, -0.15) is 0 Å². The van der Waals surface area contributed by atoms with Gasteiger partial charge in [0, 0.05) is 11.3 Å². The molecule has 1 aliphatic rings. The van der Waals surface area contributed by atoms with Crippen LogP contribution < -0.4 is 0 Å². The summed E-state index contributed by atoms with van der Waals surface area (Å²) in [5.41, 5.74) is -0.0619. The summed E-state index contributed by atoms with van der Waals surface area (Å²) in [6.45, 7) is 1.94. The van der Waals surface area contributed by atoms with Gasteiger partial charge in [-0.05, 0) is 11.6 Å². The zero-order chi connectivity index (χ0) is 13.7. The fourth-order valence-corrected chi connectivity index (χ4v) is 1.87. The van der Waals surface area contributed by atoms with E-state index in [1.54, 1.807) is 13.0 Å². The number of benzene rings is 1. The van der Waals surface area contributed by atoms with E-state index in [1.165, 1.54) is 0 Å². The molecule has 1 aromatic carbocycles. The summed E-state index contributed by atoms with van der Waals surface area (Å²) >= 11 is 0. The Bertz CT molecular complexity index is 450. The summed E-state index contributed by atoms with van der Waals surface area (Å²) in [4.78, 5) is 10.7. The van der Waals surface area contributed by atoms with Crippen LogP contribution in [0.2, 0.25) is 0 Å². The third-order valence-corrected chi connectivity index (χ3v) is 3.32. The minimum absolute atomic E-state index is 0.0836. The van der Waals surface area contributed by atoms with Crippen LogP contribution in [0.15, 0.2) is 36.4 Å². The van der Waals surface area contributed by atoms with Crippen molar-refractivity contribution >= 4 is 6.08 Å². The van der Waals surface area contributed by atoms with Crippen LogP contribution in [0, 0.1) is 10.1 Å². The smallest absolute Gasteiger partial charge is 0.267 e. The molecule has 0 amide bonds. The van der Waals surface area contributed by atoms with Gasteiger partial charge in [0.05, 0.1) is 0 Å². The molecule has 0 N–H and O–H groups in total. The molecule has 1 aliphatic heterocycles. The maximum atomic E-state index is 11.0. The van der Waals surface area contributed by atoms with Crippen molar-refractivity contribution in [3.63, 3.8) is 0 Å². The van der Waals surface area contributed by atoms with Crippen molar-refractivity contribution in [2.75, 3.05) is 13.2 Å². The lowest BCUT2D eigenvalue weighted by molar-refractivity contribution is -0.590. The van der Waals surface area contributed by atoms with E-state index in [1.807, 2.05) is 36.4 Å². The van der Waals surface area contributed by atoms with Gasteiger partial charge in [0.2, 0.25) is 0 Å². The summed E-state index contributed by atoms with van der Waals surface area (Å²) in [6.07, 6.45) is 3.54. The number of ether oxygens (including phenoxy) is 2. The summed E-state index contributed by atoms with van der Waals surface area (Å²) in [6, 6.07) is 9.76. The van der Waals surface area contributed by atoms with E-state index >= 15 is 0 Å². The highest BCUT2D eigenvalue weighted by Crippen LogP contribution is 2.23. The van der Waals surface area contributed by atoms with E-state index in [4.69, 9.17) is 9.47 Å². The second-order valence-electron chi connectivity index (χ2n) is 4.60. The van der Waals surface area contributed by atoms with E-state index in [0.717, 1.165) is 5.56 Å². The van der Waals surface area contributed by atoms with Crippen LogP contribution in [0.5, 0.6) is 0 Å². The fraction of sp³-hybridized carbons (Fsp3) is 0.429. The van der Waals surface area contributed by atoms with Crippen molar-refractivity contribution in [2.24, 2.45) is 0 Å². The second-order valence-corrected chi connectivity index (χ2v) is 4.60. The molecule has 5 nitrogen and oxygen atoms in total. The Morgan fingerprint density at radius 3 is 2.53 bits per heavy atom. The van der Waals surface area contributed by atoms with Gasteiger partial charge in [0.25, 0.3) is 5.54 Å². The van der Waals surface area contributed by atoms with E-state index in [0.29, 0.717) is 6.42 Å². The number of rotatable bonds is 4. The molecule has 1 fully saturated rings. The van der Waals surface area contributed by atoms with Gasteiger partial charge in [-0.25, -0.2) is 0 Å². The molecule has 0 aliphatic carbocycles. The number of hydrogen-bond acceptors (Lipinski definition) is 4. The minimum Gasteiger partial charge on any atom is -0.341 e. The first-order chi connectivity index (χ1) is 9.16. The third-order valence-electron chi connectivity index (χ3n) is 3.32. The van der Waals surface area contributed by atoms with Gasteiger partial charge in [-0.1, -0.05) is 43.3 Å². The van der Waals surface area contributed by atoms with Crippen LogP contribution in [0.25, 0.3) is 6.08 Å². The first kappa shape index (κ1) is 13.7. The van der Waals surface area contributed by atoms with Crippen molar-refractivity contribution in [1.82, 2.24) is 0 Å². The topological polar surface area (TPSA) is 61.6 Å². The minimum atomic E-state index is -1.10. The van der Waals surface area contributed by atoms with E-state index < -0.39 is 11.8 Å². The van der Waals surface area contributed by atoms with Gasteiger partial charge >= 0.3 is 0 Å². The summed E-state index contributed by atoms with van der Waals surface area (Å²) in [5.74, 6) is 0. The van der Waals surface area contributed by atoms with Crippen LogP contribution in [0.1, 0.15) is 18.9 Å². The normalized spacial score (nSPS) is 27.5. The quantitative estimate of drug-likeness (QED) is 0.618. The van der Waals surface area contributed by atoms with E-state index in [9.17, 15) is 10.1 Å². The molecule has 1 saturated heterocycles. The van der Waals surface area contributed by atoms with Gasteiger partial charge in [0.15, 0.2) is 6.29 Å². The van der Waals surface area contributed by atoms with Gasteiger partial charge in [-0.15, -0.1) is 0 Å². The molecule has 0 spiro atoms. The van der Waals surface area contributed by atoms with Crippen LogP contribution in [0.3, 0.4) is 0 Å². The average Bonchev–Trinajstić information content (AvgIpc) is 2.46. The highest BCUT2D eigenvalue weighted by Gasteiger charge is 2.46. The SMILES string of the molecule is CCC1([N+](=O)[O-])COC(/C=C/c2ccccc2)OC1. The molecule has 2 rings (SSSR count). The van der Waals surface area contributed by atoms with Crippen molar-refractivity contribution in [1.29, 1.82) is 0 Å². The zero-order valence-corrected chi connectivity index (χ0v) is 10.8. The standard InChI is InChI=1S/C14H17NO4/c1-2-14(15(16)17)10-18-13(19-11-14)9-8-12-6-4-3-5-7-12/h3-9,13H,2,10-11H2,1H3/b9-8+. The fourth-order valence-electron chi connectivity index (χ4n) is 1.87. The molecule has 102 valence electrons. The second kappa shape index (κ2) is 5.95. The van der Waals surface area contributed by atoms with Crippen LogP contribution in [-0.4, -0.2) is 30.0 Å². The van der Waals surface area contributed by atoms with Gasteiger partial charge in [0.1, 0.15) is 13.2 Å². The van der Waals surface area contributed by atoms with Crippen LogP contribution in [-0.2, 0) is 9.47 Å². The molecule has 0 radical (unpaired) electrons. The largest absolute Gasteiger partial charge is 0.341 e. The molecule has 0 bridgehead atoms. The first-order valence-corrected chi connectivity index (χ1v) is 6.27. The van der Waals surface area contributed by atoms with E-state index in [-0.39, 0.29) is 18.1 Å². The average molecular weight is 263 g/mol. The number of hydrogen-bond donors (Lipinski definition) is 0. The number of nitro groups is 1. The summed E-state index contributed by atoms with van der Waals surface area (Å²) < 4.78 is 10.8. The van der Waals surface area contributed by atoms with Crippen molar-refractivity contribution in [2.45, 2.75) is 25.2 Å². The highest BCUT2D eigenvalue weighted by molar-refractivity contribution is 5.48. The van der Waals surface area contributed by atoms with Crippen LogP contribution in [0.4, 0.5) is 0 Å². The maximum Gasteiger partial charge on any atom is 0.267 e. The Morgan fingerprint density at radius 1 is 1.37 bits per heavy atom. The molecular formula is C14H17NO4. The van der Waals surface area contributed by atoms with E-state index in [2.05, 4.69) is 0 Å². The molecule has 1 heterocycles. The van der Waals surface area contributed by atoms with Gasteiger partial charge < -0.3 is 9.47 Å². The maximum absolute atomic E-state index is 11.0. The lowest BCUT2D eigenvalue weighted by Crippen LogP contribution is -2.52. The molecule has 5 heteroatoms. The Kier molecular flexibility index (Phi) is 4.29. The van der Waals surface area contributed by atoms with Crippen LogP contribution >= 0.6 is 0 Å². The predicted molar refractivity (Wildman–Crippen MR) is 71.2 cm³/mol. The summed E-state index contributed by atoms with van der Waals surface area (Å²) in [7, 11) is 0. The first-order valence-electron chi connectivity index (χ1n) is 6.27. The molecule has 0 aromatic heterocycles. The molecule has 0 atom stereocenters. The predicted octanol–water partition coefficient (Wildman–Crippen LogP) is 2.50. The van der Waals surface area contributed by atoms with Crippen molar-refractivity contribution in [3.8, 4) is 0 Å². The van der Waals surface area contributed by atoms with Crippen molar-refractivity contribution < 1.29 is 14.4 Å². The molecular weight excluding hydrogens is 246 g/mol. The Morgan fingerprint density at radius 2 is 2.00 bits per heavy atom. The third kappa shape index (κ3) is 3.19. The molecule has 0 unspecified atom stereocenters. The highest BCUT2D eigenvalue weighted by atomic mass is 16.7. The summed E-state index contributed by atoms with van der Waals surface area (Å²) in [5, 5.41) is 11.0. The molecule has 0 saturated carbocycles. The monoisotopic (exact) mass is 263 g/mol. The Balaban J connectivity index is 1.94. The van der Waals surface area contributed by atoms with Crippen molar-refractivity contribution in [3.05, 3.63) is 52.1 Å². The zero-order valence-electron chi connectivity index (χ0n) is 10.8. The molecule has 1 aromatic rings. The lowest BCUT2D eigenvalue weighted by atomic mass is 9.99. The molecule has 19 heavy (non-hydrogen) atoms. The number of nitrogens with zero attached hydrogens (tertiary/aromatic N) is 1. The Labute approximate surface area is 112 Å². The lowest BCUT2D eigenvalue weighted by Gasteiger charge is -2.31. The van der Waals surface area contributed by atoms with Gasteiger partial charge in [-0.3, -0.25) is 10.1 Å².